The molecular formula is C12H10BrNO. The van der Waals surface area contributed by atoms with Gasteiger partial charge in [-0.3, -0.25) is 0 Å². The molecule has 1 heterocycles. The molecule has 0 amide bonds. The number of rotatable bonds is 1. The van der Waals surface area contributed by atoms with Gasteiger partial charge in [-0.15, -0.1) is 0 Å². The van der Waals surface area contributed by atoms with E-state index in [4.69, 9.17) is 4.42 Å². The maximum Gasteiger partial charge on any atom is 0.222 e. The van der Waals surface area contributed by atoms with Crippen LogP contribution in [0.15, 0.2) is 38.9 Å². The third-order valence-corrected chi connectivity index (χ3v) is 3.21. The Hall–Kier alpha value is -1.09. The van der Waals surface area contributed by atoms with Gasteiger partial charge in [0.25, 0.3) is 0 Å². The van der Waals surface area contributed by atoms with Gasteiger partial charge in [-0.25, -0.2) is 4.98 Å². The summed E-state index contributed by atoms with van der Waals surface area (Å²) in [6.07, 6.45) is 9.23. The zero-order valence-electron chi connectivity index (χ0n) is 8.33. The number of nitrogens with zero attached hydrogens (tertiary/aromatic N) is 1. The van der Waals surface area contributed by atoms with Crippen LogP contribution >= 0.6 is 15.9 Å². The van der Waals surface area contributed by atoms with Gasteiger partial charge >= 0.3 is 0 Å². The molecule has 0 radical (unpaired) electrons. The van der Waals surface area contributed by atoms with Crippen molar-refractivity contribution in [2.24, 2.45) is 5.92 Å². The number of hydrogen-bond donors (Lipinski definition) is 0. The summed E-state index contributed by atoms with van der Waals surface area (Å²) in [7, 11) is 0. The molecule has 0 spiro atoms. The van der Waals surface area contributed by atoms with Gasteiger partial charge < -0.3 is 4.42 Å². The lowest BCUT2D eigenvalue weighted by molar-refractivity contribution is 0.510. The Labute approximate surface area is 96.5 Å². The summed E-state index contributed by atoms with van der Waals surface area (Å²) >= 11 is 3.50. The van der Waals surface area contributed by atoms with E-state index in [1.807, 2.05) is 13.0 Å². The highest BCUT2D eigenvalue weighted by Crippen LogP contribution is 2.49. The number of oxazole rings is 1. The molecule has 15 heavy (non-hydrogen) atoms. The summed E-state index contributed by atoms with van der Waals surface area (Å²) in [5.74, 6) is 2.15. The topological polar surface area (TPSA) is 26.0 Å². The fourth-order valence-electron chi connectivity index (χ4n) is 1.87. The van der Waals surface area contributed by atoms with Crippen molar-refractivity contribution in [2.45, 2.75) is 13.3 Å². The van der Waals surface area contributed by atoms with Crippen molar-refractivity contribution in [3.8, 4) is 0 Å². The number of halogens is 1. The lowest BCUT2D eigenvalue weighted by Crippen LogP contribution is -1.85. The van der Waals surface area contributed by atoms with E-state index >= 15 is 0 Å². The lowest BCUT2D eigenvalue weighted by atomic mass is 10.1. The van der Waals surface area contributed by atoms with Crippen LogP contribution in [0.1, 0.15) is 18.1 Å². The average Bonchev–Trinajstić information content (AvgIpc) is 2.81. The third kappa shape index (κ3) is 1.61. The Morgan fingerprint density at radius 3 is 3.07 bits per heavy atom. The van der Waals surface area contributed by atoms with Crippen LogP contribution in [0.2, 0.25) is 0 Å². The van der Waals surface area contributed by atoms with Gasteiger partial charge in [0.2, 0.25) is 5.89 Å². The minimum Gasteiger partial charge on any atom is -0.442 e. The van der Waals surface area contributed by atoms with Crippen LogP contribution in [-0.4, -0.2) is 4.98 Å². The first kappa shape index (κ1) is 9.16. The molecule has 1 aromatic rings. The zero-order valence-corrected chi connectivity index (χ0v) is 9.91. The second kappa shape index (κ2) is 3.20. The molecule has 3 rings (SSSR count). The molecule has 2 aliphatic carbocycles. The number of aryl methyl sites for hydroxylation is 1. The molecule has 2 aliphatic rings. The van der Waals surface area contributed by atoms with Gasteiger partial charge in [0.1, 0.15) is 5.76 Å². The molecule has 1 atom stereocenters. The molecule has 1 unspecified atom stereocenters. The number of hydrogen-bond acceptors (Lipinski definition) is 2. The predicted molar refractivity (Wildman–Crippen MR) is 62.4 cm³/mol. The van der Waals surface area contributed by atoms with Crippen LogP contribution in [0.3, 0.4) is 0 Å². The number of aromatic nitrogens is 1. The van der Waals surface area contributed by atoms with Crippen molar-refractivity contribution < 1.29 is 4.42 Å². The van der Waals surface area contributed by atoms with E-state index < -0.39 is 0 Å². The maximum atomic E-state index is 5.56. The van der Waals surface area contributed by atoms with E-state index in [2.05, 4.69) is 33.1 Å². The lowest BCUT2D eigenvalue weighted by Gasteiger charge is -1.97. The van der Waals surface area contributed by atoms with Gasteiger partial charge in [-0.05, 0) is 25.5 Å². The Balaban J connectivity index is 2.04. The summed E-state index contributed by atoms with van der Waals surface area (Å²) in [5, 5.41) is 0. The van der Waals surface area contributed by atoms with Crippen molar-refractivity contribution in [3.05, 3.63) is 46.1 Å². The molecular weight excluding hydrogens is 254 g/mol. The summed E-state index contributed by atoms with van der Waals surface area (Å²) < 4.78 is 6.68. The molecule has 0 N–H and O–H groups in total. The monoisotopic (exact) mass is 263 g/mol. The smallest absolute Gasteiger partial charge is 0.222 e. The van der Waals surface area contributed by atoms with Crippen LogP contribution in [0.5, 0.6) is 0 Å². The van der Waals surface area contributed by atoms with Crippen molar-refractivity contribution in [1.82, 2.24) is 4.98 Å². The minimum atomic E-state index is 0.523. The summed E-state index contributed by atoms with van der Waals surface area (Å²) in [4.78, 5) is 4.28. The van der Waals surface area contributed by atoms with Crippen molar-refractivity contribution in [1.29, 1.82) is 0 Å². The summed E-state index contributed by atoms with van der Waals surface area (Å²) in [6, 6.07) is 0. The van der Waals surface area contributed by atoms with E-state index in [-0.39, 0.29) is 0 Å². The van der Waals surface area contributed by atoms with Gasteiger partial charge in [-0.1, -0.05) is 27.6 Å². The first-order valence-electron chi connectivity index (χ1n) is 4.94. The fourth-order valence-corrected chi connectivity index (χ4v) is 2.29. The standard InChI is InChI=1S/C12H10BrNO/c1-7-6-14-12(15-7)10-3-2-9(13)4-8-5-11(8)10/h2-4,6,11H,5H2,1H3. The van der Waals surface area contributed by atoms with Crippen molar-refractivity contribution in [3.63, 3.8) is 0 Å². The Morgan fingerprint density at radius 1 is 1.47 bits per heavy atom. The van der Waals surface area contributed by atoms with Crippen LogP contribution in [0.25, 0.3) is 5.57 Å². The minimum absolute atomic E-state index is 0.523. The highest BCUT2D eigenvalue weighted by Gasteiger charge is 2.36. The van der Waals surface area contributed by atoms with Gasteiger partial charge in [0.05, 0.1) is 6.20 Å². The van der Waals surface area contributed by atoms with Crippen molar-refractivity contribution in [2.75, 3.05) is 0 Å². The fraction of sp³-hybridized carbons (Fsp3) is 0.250. The molecule has 3 heteroatoms. The molecule has 76 valence electrons. The Bertz CT molecular complexity index is 507. The molecule has 0 aromatic carbocycles. The van der Waals surface area contributed by atoms with Gasteiger partial charge in [-0.2, -0.15) is 0 Å². The molecule has 2 nitrogen and oxygen atoms in total. The van der Waals surface area contributed by atoms with Gasteiger partial charge in [0, 0.05) is 16.0 Å². The van der Waals surface area contributed by atoms with E-state index in [0.29, 0.717) is 5.92 Å². The zero-order chi connectivity index (χ0) is 10.4. The van der Waals surface area contributed by atoms with Gasteiger partial charge in [0.15, 0.2) is 0 Å². The highest BCUT2D eigenvalue weighted by atomic mass is 79.9. The number of allylic oxidation sites excluding steroid dienone is 6. The van der Waals surface area contributed by atoms with E-state index in [1.165, 1.54) is 11.1 Å². The van der Waals surface area contributed by atoms with Crippen molar-refractivity contribution >= 4 is 21.5 Å². The Morgan fingerprint density at radius 2 is 2.33 bits per heavy atom. The summed E-state index contributed by atoms with van der Waals surface area (Å²) in [5.41, 5.74) is 2.65. The van der Waals surface area contributed by atoms with E-state index in [1.54, 1.807) is 6.20 Å². The third-order valence-electron chi connectivity index (χ3n) is 2.72. The molecule has 1 saturated carbocycles. The van der Waals surface area contributed by atoms with Crippen LogP contribution in [0, 0.1) is 12.8 Å². The highest BCUT2D eigenvalue weighted by molar-refractivity contribution is 9.11. The predicted octanol–water partition coefficient (Wildman–Crippen LogP) is 3.61. The second-order valence-corrected chi connectivity index (χ2v) is 4.84. The maximum absolute atomic E-state index is 5.56. The first-order chi connectivity index (χ1) is 7.24. The van der Waals surface area contributed by atoms with Crippen LogP contribution in [-0.2, 0) is 0 Å². The summed E-state index contributed by atoms with van der Waals surface area (Å²) in [6.45, 7) is 1.92. The molecule has 0 saturated heterocycles. The SMILES string of the molecule is Cc1cnc(C2=CC=C(Br)C=C3CC32)o1. The van der Waals surface area contributed by atoms with Crippen LogP contribution in [0.4, 0.5) is 0 Å². The molecule has 1 fully saturated rings. The second-order valence-electron chi connectivity index (χ2n) is 3.93. The van der Waals surface area contributed by atoms with E-state index in [9.17, 15) is 0 Å². The number of fused-ring (bicyclic) bond motifs is 1. The molecule has 1 aromatic heterocycles. The molecule has 0 bridgehead atoms. The van der Waals surface area contributed by atoms with Crippen LogP contribution < -0.4 is 0 Å². The van der Waals surface area contributed by atoms with E-state index in [0.717, 1.165) is 22.6 Å². The largest absolute Gasteiger partial charge is 0.442 e. The normalized spacial score (nSPS) is 23.6. The quantitative estimate of drug-likeness (QED) is 0.774. The molecule has 0 aliphatic heterocycles. The first-order valence-corrected chi connectivity index (χ1v) is 5.74. The average molecular weight is 264 g/mol. The Kier molecular flexibility index (Phi) is 1.96.